The van der Waals surface area contributed by atoms with Crippen LogP contribution in [0.4, 0.5) is 5.69 Å². The number of aryl methyl sites for hydroxylation is 2. The van der Waals surface area contributed by atoms with Crippen molar-refractivity contribution in [1.29, 1.82) is 0 Å². The Kier molecular flexibility index (Phi) is 5.57. The van der Waals surface area contributed by atoms with Crippen molar-refractivity contribution in [2.45, 2.75) is 26.0 Å². The summed E-state index contributed by atoms with van der Waals surface area (Å²) in [4.78, 5) is 4.98. The highest BCUT2D eigenvalue weighted by molar-refractivity contribution is 8.17. The predicted molar refractivity (Wildman–Crippen MR) is 114 cm³/mol. The molecule has 0 aromatic heterocycles. The molecular weight excluding hydrogens is 367 g/mol. The minimum absolute atomic E-state index is 0.449. The maximum absolute atomic E-state index is 6.22. The van der Waals surface area contributed by atoms with Crippen LogP contribution in [0.3, 0.4) is 0 Å². The fourth-order valence-electron chi connectivity index (χ4n) is 2.79. The fraction of sp³-hybridized carbons (Fsp3) is 0.316. The van der Waals surface area contributed by atoms with Crippen molar-refractivity contribution in [3.63, 3.8) is 0 Å². The third-order valence-electron chi connectivity index (χ3n) is 4.06. The molecule has 1 aliphatic rings. The SMILES string of the molecule is Cc1cccc(C)c1N=C1SC(C)CN1P(C)(=S)Oc1ccccc1. The van der Waals surface area contributed by atoms with Crippen LogP contribution in [0.25, 0.3) is 0 Å². The molecule has 0 bridgehead atoms. The van der Waals surface area contributed by atoms with Gasteiger partial charge in [-0.25, -0.2) is 4.99 Å². The van der Waals surface area contributed by atoms with E-state index in [4.69, 9.17) is 21.3 Å². The molecule has 1 aliphatic heterocycles. The first-order valence-corrected chi connectivity index (χ1v) is 12.3. The third-order valence-corrected chi connectivity index (χ3v) is 7.86. The summed E-state index contributed by atoms with van der Waals surface area (Å²) in [7, 11) is 0. The first-order valence-electron chi connectivity index (χ1n) is 8.28. The van der Waals surface area contributed by atoms with Gasteiger partial charge in [-0.05, 0) is 48.9 Å². The second-order valence-corrected chi connectivity index (χ2v) is 12.1. The van der Waals surface area contributed by atoms with Gasteiger partial charge in [-0.15, -0.1) is 0 Å². The second kappa shape index (κ2) is 7.53. The molecule has 2 aromatic rings. The summed E-state index contributed by atoms with van der Waals surface area (Å²) in [6.45, 7) is 9.32. The van der Waals surface area contributed by atoms with Crippen LogP contribution < -0.4 is 4.52 Å². The first kappa shape index (κ1) is 18.5. The molecule has 132 valence electrons. The van der Waals surface area contributed by atoms with Crippen LogP contribution in [0.1, 0.15) is 18.1 Å². The molecular formula is C19H23N2OPS2. The maximum atomic E-state index is 6.22. The number of para-hydroxylation sites is 2. The molecule has 6 heteroatoms. The standard InChI is InChI=1S/C19H23N2OPS2/c1-14-9-8-10-15(2)18(14)20-19-21(13-16(3)25-19)23(4,24)22-17-11-6-5-7-12-17/h5-12,16H,13H2,1-4H3. The van der Waals surface area contributed by atoms with E-state index in [1.54, 1.807) is 11.8 Å². The van der Waals surface area contributed by atoms with E-state index in [2.05, 4.69) is 43.6 Å². The molecule has 0 N–H and O–H groups in total. The number of hydrogen-bond donors (Lipinski definition) is 0. The zero-order valence-corrected chi connectivity index (χ0v) is 17.5. The number of benzene rings is 2. The smallest absolute Gasteiger partial charge is 0.203 e. The lowest BCUT2D eigenvalue weighted by Gasteiger charge is -2.30. The van der Waals surface area contributed by atoms with Crippen molar-refractivity contribution in [3.8, 4) is 5.75 Å². The van der Waals surface area contributed by atoms with Gasteiger partial charge in [-0.2, -0.15) is 0 Å². The van der Waals surface area contributed by atoms with Crippen LogP contribution in [-0.2, 0) is 11.8 Å². The first-order chi connectivity index (χ1) is 11.9. The van der Waals surface area contributed by atoms with Crippen molar-refractivity contribution in [2.24, 2.45) is 4.99 Å². The van der Waals surface area contributed by atoms with Crippen LogP contribution in [0.5, 0.6) is 5.75 Å². The van der Waals surface area contributed by atoms with Crippen LogP contribution >= 0.6 is 18.2 Å². The van der Waals surface area contributed by atoms with E-state index >= 15 is 0 Å². The molecule has 3 rings (SSSR count). The van der Waals surface area contributed by atoms with E-state index in [0.29, 0.717) is 5.25 Å². The summed E-state index contributed by atoms with van der Waals surface area (Å²) in [5.74, 6) is 0.823. The van der Waals surface area contributed by atoms with Gasteiger partial charge in [0.05, 0.1) is 5.69 Å². The van der Waals surface area contributed by atoms with Gasteiger partial charge in [0.15, 0.2) is 5.17 Å². The van der Waals surface area contributed by atoms with E-state index < -0.39 is 6.42 Å². The van der Waals surface area contributed by atoms with E-state index in [0.717, 1.165) is 23.1 Å². The minimum Gasteiger partial charge on any atom is -0.449 e. The maximum Gasteiger partial charge on any atom is 0.203 e. The average molecular weight is 391 g/mol. The van der Waals surface area contributed by atoms with Gasteiger partial charge in [0.2, 0.25) is 6.42 Å². The lowest BCUT2D eigenvalue weighted by Crippen LogP contribution is -2.24. The molecule has 1 saturated heterocycles. The second-order valence-electron chi connectivity index (χ2n) is 6.35. The molecule has 25 heavy (non-hydrogen) atoms. The largest absolute Gasteiger partial charge is 0.449 e. The summed E-state index contributed by atoms with van der Waals surface area (Å²) in [5, 5.41) is 1.43. The van der Waals surface area contributed by atoms with Crippen molar-refractivity contribution < 1.29 is 4.52 Å². The van der Waals surface area contributed by atoms with Crippen LogP contribution in [-0.4, -0.2) is 28.3 Å². The Morgan fingerprint density at radius 3 is 2.40 bits per heavy atom. The summed E-state index contributed by atoms with van der Waals surface area (Å²) < 4.78 is 8.43. The number of amidine groups is 1. The Balaban J connectivity index is 1.94. The van der Waals surface area contributed by atoms with Crippen molar-refractivity contribution in [1.82, 2.24) is 4.67 Å². The van der Waals surface area contributed by atoms with Gasteiger partial charge < -0.3 is 4.52 Å². The predicted octanol–water partition coefficient (Wildman–Crippen LogP) is 5.75. The Morgan fingerprint density at radius 1 is 1.12 bits per heavy atom. The van der Waals surface area contributed by atoms with Gasteiger partial charge in [0.1, 0.15) is 5.75 Å². The molecule has 2 aromatic carbocycles. The minimum atomic E-state index is -2.21. The Hall–Kier alpha value is -1.29. The van der Waals surface area contributed by atoms with Crippen molar-refractivity contribution in [3.05, 3.63) is 59.7 Å². The number of hydrogen-bond acceptors (Lipinski definition) is 4. The van der Waals surface area contributed by atoms with Gasteiger partial charge in [-0.1, -0.05) is 55.1 Å². The molecule has 3 nitrogen and oxygen atoms in total. The van der Waals surface area contributed by atoms with Gasteiger partial charge in [0, 0.05) is 18.5 Å². The van der Waals surface area contributed by atoms with Crippen molar-refractivity contribution in [2.75, 3.05) is 13.2 Å². The van der Waals surface area contributed by atoms with E-state index in [1.165, 1.54) is 11.1 Å². The molecule has 2 unspecified atom stereocenters. The average Bonchev–Trinajstić information content (AvgIpc) is 2.93. The fourth-order valence-corrected chi connectivity index (χ4v) is 6.79. The highest BCUT2D eigenvalue weighted by atomic mass is 32.4. The molecule has 0 aliphatic carbocycles. The Morgan fingerprint density at radius 2 is 1.76 bits per heavy atom. The van der Waals surface area contributed by atoms with E-state index in [1.807, 2.05) is 37.0 Å². The van der Waals surface area contributed by atoms with Crippen LogP contribution in [0.15, 0.2) is 53.5 Å². The lowest BCUT2D eigenvalue weighted by molar-refractivity contribution is 0.542. The van der Waals surface area contributed by atoms with Gasteiger partial charge in [-0.3, -0.25) is 4.67 Å². The Bertz CT molecular complexity index is 818. The Labute approximate surface area is 159 Å². The molecule has 0 amide bonds. The molecule has 2 atom stereocenters. The molecule has 0 spiro atoms. The van der Waals surface area contributed by atoms with Gasteiger partial charge >= 0.3 is 0 Å². The summed E-state index contributed by atoms with van der Waals surface area (Å²) in [6, 6.07) is 16.1. The van der Waals surface area contributed by atoms with E-state index in [9.17, 15) is 0 Å². The highest BCUT2D eigenvalue weighted by Gasteiger charge is 2.35. The monoisotopic (exact) mass is 390 g/mol. The highest BCUT2D eigenvalue weighted by Crippen LogP contribution is 2.52. The van der Waals surface area contributed by atoms with E-state index in [-0.39, 0.29) is 0 Å². The van der Waals surface area contributed by atoms with Crippen LogP contribution in [0.2, 0.25) is 0 Å². The third kappa shape index (κ3) is 4.28. The summed E-state index contributed by atoms with van der Waals surface area (Å²) in [6.07, 6.45) is -2.21. The topological polar surface area (TPSA) is 24.8 Å². The normalized spacial score (nSPS) is 21.4. The summed E-state index contributed by atoms with van der Waals surface area (Å²) >= 11 is 7.70. The van der Waals surface area contributed by atoms with Gasteiger partial charge in [0.25, 0.3) is 0 Å². The quantitative estimate of drug-likeness (QED) is 0.621. The number of rotatable bonds is 4. The lowest BCUT2D eigenvalue weighted by atomic mass is 10.1. The zero-order chi connectivity index (χ0) is 18.0. The molecule has 1 heterocycles. The zero-order valence-electron chi connectivity index (χ0n) is 15.0. The molecule has 0 radical (unpaired) electrons. The van der Waals surface area contributed by atoms with Crippen molar-refractivity contribution >= 4 is 40.8 Å². The number of nitrogens with zero attached hydrogens (tertiary/aromatic N) is 2. The molecule has 0 saturated carbocycles. The number of thioether (sulfide) groups is 1. The number of aliphatic imine (C=N–C) groups is 1. The summed E-state index contributed by atoms with van der Waals surface area (Å²) in [5.41, 5.74) is 3.40. The molecule has 1 fully saturated rings. The van der Waals surface area contributed by atoms with Crippen LogP contribution in [0, 0.1) is 13.8 Å².